The van der Waals surface area contributed by atoms with E-state index in [4.69, 9.17) is 4.74 Å². The van der Waals surface area contributed by atoms with Gasteiger partial charge in [0.1, 0.15) is 0 Å². The second-order valence-corrected chi connectivity index (χ2v) is 6.39. The van der Waals surface area contributed by atoms with Crippen LogP contribution in [0.1, 0.15) is 34.2 Å². The Balaban J connectivity index is 1.99. The molecule has 1 aromatic rings. The van der Waals surface area contributed by atoms with Crippen LogP contribution in [-0.4, -0.2) is 78.6 Å². The van der Waals surface area contributed by atoms with E-state index in [-0.39, 0.29) is 12.0 Å². The van der Waals surface area contributed by atoms with Gasteiger partial charge in [-0.15, -0.1) is 0 Å². The van der Waals surface area contributed by atoms with Crippen LogP contribution in [0.25, 0.3) is 0 Å². The molecule has 0 saturated carbocycles. The molecule has 2 rings (SSSR count). The molecule has 0 radical (unpaired) electrons. The number of piperazine rings is 1. The van der Waals surface area contributed by atoms with Gasteiger partial charge in [-0.1, -0.05) is 0 Å². The molecule has 134 valence electrons. The molecule has 7 nitrogen and oxygen atoms in total. The maximum atomic E-state index is 12.1. The molecule has 1 aliphatic rings. The number of esters is 1. The van der Waals surface area contributed by atoms with Crippen LogP contribution in [0.5, 0.6) is 0 Å². The first-order chi connectivity index (χ1) is 11.3. The van der Waals surface area contributed by atoms with Crippen molar-refractivity contribution in [3.8, 4) is 0 Å². The normalized spacial score (nSPS) is 15.5. The fraction of sp³-hybridized carbons (Fsp3) is 0.647. The fourth-order valence-corrected chi connectivity index (χ4v) is 3.09. The maximum Gasteiger partial charge on any atom is 0.340 e. The third-order valence-electron chi connectivity index (χ3n) is 4.43. The minimum atomic E-state index is -0.267. The van der Waals surface area contributed by atoms with Gasteiger partial charge in [-0.25, -0.2) is 9.59 Å². The summed E-state index contributed by atoms with van der Waals surface area (Å²) in [6.07, 6.45) is 0. The Labute approximate surface area is 143 Å². The Morgan fingerprint density at radius 2 is 1.79 bits per heavy atom. The average Bonchev–Trinajstić information content (AvgIpc) is 2.81. The highest BCUT2D eigenvalue weighted by Crippen LogP contribution is 2.21. The lowest BCUT2D eigenvalue weighted by Crippen LogP contribution is -2.51. The summed E-state index contributed by atoms with van der Waals surface area (Å²) in [6.45, 7) is 9.88. The average molecular weight is 336 g/mol. The lowest BCUT2D eigenvalue weighted by Gasteiger charge is -2.35. The molecule has 24 heavy (non-hydrogen) atoms. The van der Waals surface area contributed by atoms with E-state index in [1.165, 1.54) is 0 Å². The van der Waals surface area contributed by atoms with E-state index in [2.05, 4.69) is 9.88 Å². The number of H-pyrrole nitrogens is 1. The van der Waals surface area contributed by atoms with Crippen molar-refractivity contribution in [1.82, 2.24) is 19.7 Å². The molecule has 7 heteroatoms. The van der Waals surface area contributed by atoms with E-state index in [0.717, 1.165) is 49.7 Å². The van der Waals surface area contributed by atoms with Crippen molar-refractivity contribution < 1.29 is 14.3 Å². The Bertz CT molecular complexity index is 601. The van der Waals surface area contributed by atoms with Crippen LogP contribution in [0.3, 0.4) is 0 Å². The van der Waals surface area contributed by atoms with Crippen molar-refractivity contribution in [3.63, 3.8) is 0 Å². The number of hydrogen-bond acceptors (Lipinski definition) is 4. The molecule has 0 aromatic carbocycles. The predicted octanol–water partition coefficient (Wildman–Crippen LogP) is 1.61. The number of hydrogen-bond donors (Lipinski definition) is 1. The fourth-order valence-electron chi connectivity index (χ4n) is 3.09. The van der Waals surface area contributed by atoms with E-state index in [9.17, 15) is 9.59 Å². The molecule has 1 aromatic heterocycles. The summed E-state index contributed by atoms with van der Waals surface area (Å²) in [5, 5.41) is 0. The standard InChI is InChI=1S/C17H28N4O3/c1-6-24-16(22)15-12(2)14(18-13(15)3)11-20-7-9-21(10-8-20)17(23)19(4)5/h18H,6-11H2,1-5H3. The number of ether oxygens (including phenoxy) is 1. The number of aromatic amines is 1. The number of nitrogens with one attached hydrogen (secondary N) is 1. The zero-order chi connectivity index (χ0) is 17.9. The van der Waals surface area contributed by atoms with E-state index < -0.39 is 0 Å². The topological polar surface area (TPSA) is 68.9 Å². The predicted molar refractivity (Wildman–Crippen MR) is 92.2 cm³/mol. The quantitative estimate of drug-likeness (QED) is 0.848. The molecule has 0 aliphatic carbocycles. The molecule has 0 bridgehead atoms. The van der Waals surface area contributed by atoms with Crippen molar-refractivity contribution in [2.75, 3.05) is 46.9 Å². The monoisotopic (exact) mass is 336 g/mol. The van der Waals surface area contributed by atoms with Crippen molar-refractivity contribution in [1.29, 1.82) is 0 Å². The number of amides is 2. The first-order valence-corrected chi connectivity index (χ1v) is 8.38. The summed E-state index contributed by atoms with van der Waals surface area (Å²) in [5.41, 5.74) is 3.50. The smallest absolute Gasteiger partial charge is 0.340 e. The van der Waals surface area contributed by atoms with E-state index in [0.29, 0.717) is 12.2 Å². The zero-order valence-electron chi connectivity index (χ0n) is 15.3. The minimum absolute atomic E-state index is 0.0612. The number of aryl methyl sites for hydroxylation is 1. The molecule has 0 atom stereocenters. The van der Waals surface area contributed by atoms with Crippen molar-refractivity contribution in [3.05, 3.63) is 22.5 Å². The van der Waals surface area contributed by atoms with Gasteiger partial charge in [0.15, 0.2) is 0 Å². The van der Waals surface area contributed by atoms with Crippen LogP contribution in [0.2, 0.25) is 0 Å². The van der Waals surface area contributed by atoms with Crippen LogP contribution >= 0.6 is 0 Å². The van der Waals surface area contributed by atoms with Crippen molar-refractivity contribution >= 4 is 12.0 Å². The SMILES string of the molecule is CCOC(=O)c1c(C)[nH]c(CN2CCN(C(=O)N(C)C)CC2)c1C. The van der Waals surface area contributed by atoms with Crippen LogP contribution in [0.4, 0.5) is 4.79 Å². The van der Waals surface area contributed by atoms with E-state index in [1.807, 2.05) is 25.7 Å². The van der Waals surface area contributed by atoms with E-state index in [1.54, 1.807) is 19.0 Å². The second-order valence-electron chi connectivity index (χ2n) is 6.39. The third kappa shape index (κ3) is 3.90. The molecule has 0 spiro atoms. The number of urea groups is 1. The molecule has 2 amide bonds. The summed E-state index contributed by atoms with van der Waals surface area (Å²) in [4.78, 5) is 33.1. The summed E-state index contributed by atoms with van der Waals surface area (Å²) >= 11 is 0. The first-order valence-electron chi connectivity index (χ1n) is 8.38. The largest absolute Gasteiger partial charge is 0.462 e. The van der Waals surface area contributed by atoms with Crippen molar-refractivity contribution in [2.24, 2.45) is 0 Å². The number of aromatic nitrogens is 1. The van der Waals surface area contributed by atoms with Gasteiger partial charge in [-0.3, -0.25) is 4.90 Å². The van der Waals surface area contributed by atoms with Gasteiger partial charge in [0.2, 0.25) is 0 Å². The van der Waals surface area contributed by atoms with Crippen LogP contribution in [0, 0.1) is 13.8 Å². The highest BCUT2D eigenvalue weighted by molar-refractivity contribution is 5.92. The summed E-state index contributed by atoms with van der Waals surface area (Å²) in [7, 11) is 3.55. The molecule has 1 aliphatic heterocycles. The summed E-state index contributed by atoms with van der Waals surface area (Å²) in [5.74, 6) is -0.267. The summed E-state index contributed by atoms with van der Waals surface area (Å²) < 4.78 is 5.13. The zero-order valence-corrected chi connectivity index (χ0v) is 15.3. The molecular formula is C17H28N4O3. The van der Waals surface area contributed by atoms with Crippen LogP contribution in [0.15, 0.2) is 0 Å². The van der Waals surface area contributed by atoms with Gasteiger partial charge in [-0.2, -0.15) is 0 Å². The molecule has 1 N–H and O–H groups in total. The summed E-state index contributed by atoms with van der Waals surface area (Å²) in [6, 6.07) is 0.0612. The number of carbonyl (C=O) groups excluding carboxylic acids is 2. The van der Waals surface area contributed by atoms with Crippen molar-refractivity contribution in [2.45, 2.75) is 27.3 Å². The minimum Gasteiger partial charge on any atom is -0.462 e. The molecule has 0 unspecified atom stereocenters. The van der Waals surface area contributed by atoms with Gasteiger partial charge in [0.25, 0.3) is 0 Å². The lowest BCUT2D eigenvalue weighted by molar-refractivity contribution is 0.0524. The van der Waals surface area contributed by atoms with Gasteiger partial charge < -0.3 is 19.5 Å². The Kier molecular flexibility index (Phi) is 5.88. The number of rotatable bonds is 4. The highest BCUT2D eigenvalue weighted by atomic mass is 16.5. The van der Waals surface area contributed by atoms with Gasteiger partial charge in [0, 0.05) is 58.2 Å². The first kappa shape index (κ1) is 18.3. The molecule has 1 saturated heterocycles. The van der Waals surface area contributed by atoms with Crippen LogP contribution < -0.4 is 0 Å². The Morgan fingerprint density at radius 1 is 1.17 bits per heavy atom. The molecule has 2 heterocycles. The molecule has 1 fully saturated rings. The number of carbonyl (C=O) groups is 2. The molecular weight excluding hydrogens is 308 g/mol. The van der Waals surface area contributed by atoms with Gasteiger partial charge in [-0.05, 0) is 26.3 Å². The van der Waals surface area contributed by atoms with Gasteiger partial charge in [0.05, 0.1) is 12.2 Å². The Hall–Kier alpha value is -2.02. The van der Waals surface area contributed by atoms with E-state index >= 15 is 0 Å². The second kappa shape index (κ2) is 7.70. The lowest BCUT2D eigenvalue weighted by atomic mass is 10.1. The Morgan fingerprint density at radius 3 is 2.33 bits per heavy atom. The van der Waals surface area contributed by atoms with Gasteiger partial charge >= 0.3 is 12.0 Å². The van der Waals surface area contributed by atoms with Crippen LogP contribution in [-0.2, 0) is 11.3 Å². The maximum absolute atomic E-state index is 12.1. The highest BCUT2D eigenvalue weighted by Gasteiger charge is 2.24. The number of nitrogens with zero attached hydrogens (tertiary/aromatic N) is 3. The third-order valence-corrected chi connectivity index (χ3v) is 4.43.